The zero-order chi connectivity index (χ0) is 25.2. The molecular formula is C30H26N2O4. The summed E-state index contributed by atoms with van der Waals surface area (Å²) in [5.74, 6) is -0.787. The summed E-state index contributed by atoms with van der Waals surface area (Å²) >= 11 is 0. The van der Waals surface area contributed by atoms with E-state index in [0.717, 1.165) is 28.8 Å². The Bertz CT molecular complexity index is 1620. The third kappa shape index (κ3) is 2.81. The first-order chi connectivity index (χ1) is 17.4. The summed E-state index contributed by atoms with van der Waals surface area (Å²) < 4.78 is 6.18. The smallest absolute Gasteiger partial charge is 0.291 e. The normalized spacial score (nSPS) is 18.4. The fourth-order valence-electron chi connectivity index (χ4n) is 5.68. The SMILES string of the molecule is CCCN1C(=O)C2(c3ccccc31)c1c(oc3cc(C)c(C)cc3c1=O)C(=O)N2Cc1ccccc1. The van der Waals surface area contributed by atoms with Crippen LogP contribution in [0.1, 0.15) is 51.7 Å². The largest absolute Gasteiger partial charge is 0.450 e. The molecule has 6 rings (SSSR count). The number of amides is 2. The minimum atomic E-state index is -1.58. The summed E-state index contributed by atoms with van der Waals surface area (Å²) in [7, 11) is 0. The number of carbonyl (C=O) groups excluding carboxylic acids is 2. The van der Waals surface area contributed by atoms with Crippen LogP contribution in [-0.4, -0.2) is 23.3 Å². The van der Waals surface area contributed by atoms with Crippen molar-refractivity contribution in [1.29, 1.82) is 0 Å². The number of hydrogen-bond donors (Lipinski definition) is 0. The third-order valence-electron chi connectivity index (χ3n) is 7.48. The van der Waals surface area contributed by atoms with E-state index in [0.29, 0.717) is 23.1 Å². The molecular weight excluding hydrogens is 452 g/mol. The molecule has 2 amide bonds. The highest BCUT2D eigenvalue weighted by atomic mass is 16.3. The van der Waals surface area contributed by atoms with E-state index in [9.17, 15) is 14.4 Å². The number of carbonyl (C=O) groups is 2. The Hall–Kier alpha value is -4.19. The van der Waals surface area contributed by atoms with E-state index >= 15 is 0 Å². The predicted octanol–water partition coefficient (Wildman–Crippen LogP) is 5.07. The summed E-state index contributed by atoms with van der Waals surface area (Å²) in [6.45, 7) is 6.52. The fraction of sp³-hybridized carbons (Fsp3) is 0.233. The van der Waals surface area contributed by atoms with Crippen LogP contribution in [-0.2, 0) is 16.9 Å². The monoisotopic (exact) mass is 478 g/mol. The second kappa shape index (κ2) is 7.92. The molecule has 3 aromatic carbocycles. The maximum atomic E-state index is 14.4. The molecule has 0 saturated carbocycles. The van der Waals surface area contributed by atoms with Crippen molar-refractivity contribution in [3.8, 4) is 0 Å². The van der Waals surface area contributed by atoms with Crippen molar-refractivity contribution in [2.75, 3.05) is 11.4 Å². The van der Waals surface area contributed by atoms with Crippen LogP contribution in [0, 0.1) is 13.8 Å². The number of rotatable bonds is 4. The minimum absolute atomic E-state index is 0.0480. The van der Waals surface area contributed by atoms with E-state index in [4.69, 9.17) is 4.42 Å². The van der Waals surface area contributed by atoms with Gasteiger partial charge in [-0.25, -0.2) is 0 Å². The average molecular weight is 479 g/mol. The Labute approximate surface area is 208 Å². The van der Waals surface area contributed by atoms with Gasteiger partial charge in [0.25, 0.3) is 11.8 Å². The van der Waals surface area contributed by atoms with Gasteiger partial charge in [-0.1, -0.05) is 55.5 Å². The molecule has 2 aliphatic heterocycles. The molecule has 2 aliphatic rings. The lowest BCUT2D eigenvalue weighted by atomic mass is 9.83. The number of para-hydroxylation sites is 1. The van der Waals surface area contributed by atoms with Crippen LogP contribution >= 0.6 is 0 Å². The molecule has 1 unspecified atom stereocenters. The first-order valence-corrected chi connectivity index (χ1v) is 12.3. The van der Waals surface area contributed by atoms with E-state index in [2.05, 4.69) is 0 Å². The molecule has 0 N–H and O–H groups in total. The molecule has 4 aromatic rings. The summed E-state index contributed by atoms with van der Waals surface area (Å²) in [6.07, 6.45) is 0.737. The molecule has 1 aromatic heterocycles. The Kier molecular flexibility index (Phi) is 4.90. The molecule has 180 valence electrons. The lowest BCUT2D eigenvalue weighted by molar-refractivity contribution is -0.126. The maximum absolute atomic E-state index is 14.4. The van der Waals surface area contributed by atoms with E-state index in [1.165, 1.54) is 4.90 Å². The Morgan fingerprint density at radius 1 is 0.889 bits per heavy atom. The first kappa shape index (κ1) is 22.3. The molecule has 6 heteroatoms. The van der Waals surface area contributed by atoms with Gasteiger partial charge in [0, 0.05) is 18.7 Å². The van der Waals surface area contributed by atoms with Crippen LogP contribution in [0.4, 0.5) is 5.69 Å². The van der Waals surface area contributed by atoms with Crippen LogP contribution in [0.25, 0.3) is 11.0 Å². The van der Waals surface area contributed by atoms with Gasteiger partial charge in [0.05, 0.1) is 16.6 Å². The summed E-state index contributed by atoms with van der Waals surface area (Å²) in [4.78, 5) is 45.9. The summed E-state index contributed by atoms with van der Waals surface area (Å²) in [5.41, 5.74) is 2.70. The highest BCUT2D eigenvalue weighted by Gasteiger charge is 2.64. The van der Waals surface area contributed by atoms with Gasteiger partial charge >= 0.3 is 0 Å². The zero-order valence-electron chi connectivity index (χ0n) is 20.5. The van der Waals surface area contributed by atoms with Crippen molar-refractivity contribution in [2.24, 2.45) is 0 Å². The molecule has 0 fully saturated rings. The lowest BCUT2D eigenvalue weighted by Gasteiger charge is -2.34. The van der Waals surface area contributed by atoms with Crippen molar-refractivity contribution in [3.05, 3.63) is 111 Å². The molecule has 1 spiro atoms. The van der Waals surface area contributed by atoms with Crippen LogP contribution in [0.2, 0.25) is 0 Å². The van der Waals surface area contributed by atoms with E-state index < -0.39 is 11.4 Å². The fourth-order valence-corrected chi connectivity index (χ4v) is 5.68. The Morgan fingerprint density at radius 2 is 1.58 bits per heavy atom. The van der Waals surface area contributed by atoms with Gasteiger partial charge in [-0.15, -0.1) is 0 Å². The number of nitrogens with zero attached hydrogens (tertiary/aromatic N) is 2. The lowest BCUT2D eigenvalue weighted by Crippen LogP contribution is -2.53. The van der Waals surface area contributed by atoms with Gasteiger partial charge in [-0.3, -0.25) is 14.4 Å². The molecule has 0 aliphatic carbocycles. The van der Waals surface area contributed by atoms with Gasteiger partial charge in [-0.2, -0.15) is 0 Å². The van der Waals surface area contributed by atoms with Gasteiger partial charge in [-0.05, 0) is 55.2 Å². The molecule has 1 atom stereocenters. The van der Waals surface area contributed by atoms with Crippen LogP contribution in [0.5, 0.6) is 0 Å². The van der Waals surface area contributed by atoms with E-state index in [1.807, 2.05) is 75.4 Å². The van der Waals surface area contributed by atoms with Crippen molar-refractivity contribution < 1.29 is 14.0 Å². The van der Waals surface area contributed by atoms with Crippen LogP contribution < -0.4 is 10.3 Å². The molecule has 36 heavy (non-hydrogen) atoms. The van der Waals surface area contributed by atoms with Crippen LogP contribution in [0.15, 0.2) is 75.9 Å². The third-order valence-corrected chi connectivity index (χ3v) is 7.48. The minimum Gasteiger partial charge on any atom is -0.450 e. The second-order valence-corrected chi connectivity index (χ2v) is 9.63. The molecule has 6 nitrogen and oxygen atoms in total. The van der Waals surface area contributed by atoms with Gasteiger partial charge < -0.3 is 14.2 Å². The highest BCUT2D eigenvalue weighted by Crippen LogP contribution is 2.53. The van der Waals surface area contributed by atoms with Gasteiger partial charge in [0.2, 0.25) is 5.76 Å². The van der Waals surface area contributed by atoms with E-state index in [1.54, 1.807) is 17.0 Å². The molecule has 0 radical (unpaired) electrons. The van der Waals surface area contributed by atoms with Crippen molar-refractivity contribution in [2.45, 2.75) is 39.3 Å². The number of hydrogen-bond acceptors (Lipinski definition) is 4. The molecule has 0 bridgehead atoms. The maximum Gasteiger partial charge on any atom is 0.291 e. The van der Waals surface area contributed by atoms with Gasteiger partial charge in [0.1, 0.15) is 5.58 Å². The van der Waals surface area contributed by atoms with Crippen molar-refractivity contribution in [1.82, 2.24) is 4.90 Å². The quantitative estimate of drug-likeness (QED) is 0.411. The highest BCUT2D eigenvalue weighted by molar-refractivity contribution is 6.17. The van der Waals surface area contributed by atoms with Crippen LogP contribution in [0.3, 0.4) is 0 Å². The topological polar surface area (TPSA) is 70.8 Å². The molecule has 0 saturated heterocycles. The predicted molar refractivity (Wildman–Crippen MR) is 138 cm³/mol. The Morgan fingerprint density at radius 3 is 2.33 bits per heavy atom. The summed E-state index contributed by atoms with van der Waals surface area (Å²) in [6, 6.07) is 20.6. The molecule has 3 heterocycles. The van der Waals surface area contributed by atoms with Crippen molar-refractivity contribution in [3.63, 3.8) is 0 Å². The standard InChI is InChI=1S/C30H26N2O4/c1-4-14-31-23-13-9-8-12-22(23)30(29(31)35)25-26(33)21-15-18(2)19(3)16-24(21)36-27(25)28(34)32(30)17-20-10-6-5-7-11-20/h5-13,15-16H,4,14,17H2,1-3H3. The second-order valence-electron chi connectivity index (χ2n) is 9.63. The van der Waals surface area contributed by atoms with E-state index in [-0.39, 0.29) is 29.2 Å². The number of anilines is 1. The summed E-state index contributed by atoms with van der Waals surface area (Å²) in [5, 5.41) is 0.379. The zero-order valence-corrected chi connectivity index (χ0v) is 20.5. The number of fused-ring (bicyclic) bond motifs is 5. The first-order valence-electron chi connectivity index (χ1n) is 12.3. The number of benzene rings is 3. The number of aryl methyl sites for hydroxylation is 2. The van der Waals surface area contributed by atoms with Crippen molar-refractivity contribution >= 4 is 28.5 Å². The average Bonchev–Trinajstić information content (AvgIpc) is 3.27. The Balaban J connectivity index is 1.72. The van der Waals surface area contributed by atoms with Gasteiger partial charge in [0.15, 0.2) is 11.0 Å².